The van der Waals surface area contributed by atoms with Crippen LogP contribution in [0.15, 0.2) is 30.6 Å². The van der Waals surface area contributed by atoms with Crippen LogP contribution in [0.1, 0.15) is 23.7 Å². The first-order valence-electron chi connectivity index (χ1n) is 9.57. The van der Waals surface area contributed by atoms with Crippen molar-refractivity contribution < 1.29 is 14.3 Å². The van der Waals surface area contributed by atoms with E-state index in [1.165, 1.54) is 0 Å². The van der Waals surface area contributed by atoms with Crippen LogP contribution in [0, 0.1) is 0 Å². The molecule has 3 heterocycles. The van der Waals surface area contributed by atoms with Crippen molar-refractivity contribution in [2.75, 3.05) is 26.7 Å². The zero-order chi connectivity index (χ0) is 19.8. The number of ether oxygens (including phenoxy) is 1. The summed E-state index contributed by atoms with van der Waals surface area (Å²) >= 11 is 0. The maximum absolute atomic E-state index is 13.0. The molecule has 2 aromatic rings. The van der Waals surface area contributed by atoms with Gasteiger partial charge in [0.1, 0.15) is 11.9 Å². The standard InChI is InChI=1S/C20H25N5O3/c1-4-7-21-20(27)25-11-16-18(12-25)28-17-8-13(14-9-22-23(2)10-14)5-6-15(17)19(26)24(16)3/h5-6,8-10,16,18H,4,7,11-12H2,1-3H3,(H,21,27)/t16-,18+/m1/s1. The van der Waals surface area contributed by atoms with Crippen molar-refractivity contribution in [2.45, 2.75) is 25.5 Å². The summed E-state index contributed by atoms with van der Waals surface area (Å²) < 4.78 is 8.00. The van der Waals surface area contributed by atoms with E-state index in [9.17, 15) is 9.59 Å². The molecular formula is C20H25N5O3. The van der Waals surface area contributed by atoms with E-state index in [1.54, 1.807) is 27.7 Å². The lowest BCUT2D eigenvalue weighted by atomic mass is 10.1. The molecule has 1 saturated heterocycles. The Balaban J connectivity index is 1.61. The van der Waals surface area contributed by atoms with E-state index in [-0.39, 0.29) is 24.1 Å². The number of rotatable bonds is 3. The fraction of sp³-hybridized carbons (Fsp3) is 0.450. The van der Waals surface area contributed by atoms with Gasteiger partial charge >= 0.3 is 6.03 Å². The number of fused-ring (bicyclic) bond motifs is 2. The third-order valence-corrected chi connectivity index (χ3v) is 5.40. The molecule has 8 heteroatoms. The summed E-state index contributed by atoms with van der Waals surface area (Å²) in [5.74, 6) is 0.470. The van der Waals surface area contributed by atoms with Gasteiger partial charge in [-0.2, -0.15) is 5.10 Å². The molecule has 0 aliphatic carbocycles. The second-order valence-electron chi connectivity index (χ2n) is 7.39. The summed E-state index contributed by atoms with van der Waals surface area (Å²) in [4.78, 5) is 28.8. The fourth-order valence-electron chi connectivity index (χ4n) is 3.80. The normalized spacial score (nSPS) is 21.0. The third-order valence-electron chi connectivity index (χ3n) is 5.40. The van der Waals surface area contributed by atoms with E-state index >= 15 is 0 Å². The molecule has 0 radical (unpaired) electrons. The van der Waals surface area contributed by atoms with Gasteiger partial charge in [0.15, 0.2) is 0 Å². The Morgan fingerprint density at radius 2 is 2.11 bits per heavy atom. The summed E-state index contributed by atoms with van der Waals surface area (Å²) in [7, 11) is 3.64. The van der Waals surface area contributed by atoms with Crippen molar-refractivity contribution >= 4 is 11.9 Å². The second-order valence-corrected chi connectivity index (χ2v) is 7.39. The predicted octanol–water partition coefficient (Wildman–Crippen LogP) is 1.72. The van der Waals surface area contributed by atoms with E-state index in [0.29, 0.717) is 30.9 Å². The molecule has 0 bridgehead atoms. The van der Waals surface area contributed by atoms with Crippen LogP contribution in [0.4, 0.5) is 4.79 Å². The highest BCUT2D eigenvalue weighted by molar-refractivity contribution is 5.98. The number of aryl methyl sites for hydroxylation is 1. The molecule has 4 rings (SSSR count). The van der Waals surface area contributed by atoms with Gasteiger partial charge in [-0.05, 0) is 24.1 Å². The quantitative estimate of drug-likeness (QED) is 0.875. The average molecular weight is 383 g/mol. The number of amides is 3. The van der Waals surface area contributed by atoms with Crippen molar-refractivity contribution in [3.63, 3.8) is 0 Å². The number of carbonyl (C=O) groups is 2. The maximum Gasteiger partial charge on any atom is 0.317 e. The lowest BCUT2D eigenvalue weighted by molar-refractivity contribution is 0.0682. The zero-order valence-corrected chi connectivity index (χ0v) is 16.4. The Labute approximate surface area is 164 Å². The minimum absolute atomic E-state index is 0.0870. The summed E-state index contributed by atoms with van der Waals surface area (Å²) in [6.07, 6.45) is 4.33. The first-order chi connectivity index (χ1) is 13.5. The number of hydrogen-bond acceptors (Lipinski definition) is 4. The minimum atomic E-state index is -0.258. The Morgan fingerprint density at radius 1 is 1.29 bits per heavy atom. The van der Waals surface area contributed by atoms with Crippen molar-refractivity contribution in [2.24, 2.45) is 7.05 Å². The Bertz CT molecular complexity index is 909. The number of carbonyl (C=O) groups excluding carboxylic acids is 2. The maximum atomic E-state index is 13.0. The fourth-order valence-corrected chi connectivity index (χ4v) is 3.80. The monoisotopic (exact) mass is 383 g/mol. The van der Waals surface area contributed by atoms with Gasteiger partial charge in [0.2, 0.25) is 0 Å². The minimum Gasteiger partial charge on any atom is -0.485 e. The van der Waals surface area contributed by atoms with E-state index < -0.39 is 0 Å². The summed E-state index contributed by atoms with van der Waals surface area (Å²) in [6, 6.07) is 5.33. The van der Waals surface area contributed by atoms with Crippen LogP contribution in [0.3, 0.4) is 0 Å². The lowest BCUT2D eigenvalue weighted by Crippen LogP contribution is -2.44. The molecule has 8 nitrogen and oxygen atoms in total. The Kier molecular flexibility index (Phi) is 4.70. The Hall–Kier alpha value is -3.03. The summed E-state index contributed by atoms with van der Waals surface area (Å²) in [5, 5.41) is 7.10. The molecule has 2 atom stereocenters. The number of nitrogens with one attached hydrogen (secondary N) is 1. The highest BCUT2D eigenvalue weighted by atomic mass is 16.5. The lowest BCUT2D eigenvalue weighted by Gasteiger charge is -2.25. The first kappa shape index (κ1) is 18.3. The second kappa shape index (κ2) is 7.18. The molecule has 1 fully saturated rings. The summed E-state index contributed by atoms with van der Waals surface area (Å²) in [5.41, 5.74) is 2.45. The first-order valence-corrected chi connectivity index (χ1v) is 9.57. The number of hydrogen-bond donors (Lipinski definition) is 1. The van der Waals surface area contributed by atoms with Gasteiger partial charge in [-0.25, -0.2) is 4.79 Å². The summed E-state index contributed by atoms with van der Waals surface area (Å²) in [6.45, 7) is 3.57. The van der Waals surface area contributed by atoms with Gasteiger partial charge in [0.25, 0.3) is 5.91 Å². The van der Waals surface area contributed by atoms with E-state index in [1.807, 2.05) is 38.4 Å². The van der Waals surface area contributed by atoms with Gasteiger partial charge in [0, 0.05) is 38.9 Å². The molecular weight excluding hydrogens is 358 g/mol. The molecule has 2 aliphatic heterocycles. The van der Waals surface area contributed by atoms with Gasteiger partial charge < -0.3 is 19.9 Å². The van der Waals surface area contributed by atoms with Gasteiger partial charge in [-0.3, -0.25) is 9.48 Å². The SMILES string of the molecule is CCCNC(=O)N1C[C@@H]2Oc3cc(-c4cnn(C)c4)ccc3C(=O)N(C)[C@@H]2C1. The highest BCUT2D eigenvalue weighted by Crippen LogP contribution is 2.34. The number of likely N-dealkylation sites (N-methyl/N-ethyl adjacent to an activating group) is 1. The molecule has 0 unspecified atom stereocenters. The highest BCUT2D eigenvalue weighted by Gasteiger charge is 2.43. The van der Waals surface area contributed by atoms with Crippen LogP contribution < -0.4 is 10.1 Å². The van der Waals surface area contributed by atoms with E-state index in [4.69, 9.17) is 4.74 Å². The number of nitrogens with zero attached hydrogens (tertiary/aromatic N) is 4. The number of benzene rings is 1. The number of aromatic nitrogens is 2. The largest absolute Gasteiger partial charge is 0.485 e. The van der Waals surface area contributed by atoms with E-state index in [2.05, 4.69) is 10.4 Å². The van der Waals surface area contributed by atoms with Gasteiger partial charge in [-0.1, -0.05) is 13.0 Å². The topological polar surface area (TPSA) is 79.7 Å². The molecule has 2 aliphatic rings. The molecule has 0 saturated carbocycles. The molecule has 0 spiro atoms. The van der Waals surface area contributed by atoms with Crippen LogP contribution in [0.25, 0.3) is 11.1 Å². The van der Waals surface area contributed by atoms with Crippen LogP contribution in [0.5, 0.6) is 5.75 Å². The van der Waals surface area contributed by atoms with E-state index in [0.717, 1.165) is 17.5 Å². The van der Waals surface area contributed by atoms with Crippen LogP contribution in [-0.4, -0.2) is 70.3 Å². The third kappa shape index (κ3) is 3.19. The van der Waals surface area contributed by atoms with Gasteiger partial charge in [0.05, 0.1) is 24.3 Å². The van der Waals surface area contributed by atoms with Crippen LogP contribution in [0.2, 0.25) is 0 Å². The predicted molar refractivity (Wildman–Crippen MR) is 104 cm³/mol. The molecule has 3 amide bonds. The van der Waals surface area contributed by atoms with Crippen LogP contribution >= 0.6 is 0 Å². The smallest absolute Gasteiger partial charge is 0.317 e. The molecule has 1 N–H and O–H groups in total. The number of likely N-dealkylation sites (tertiary alicyclic amines) is 1. The average Bonchev–Trinajstić information content (AvgIpc) is 3.29. The number of urea groups is 1. The molecule has 148 valence electrons. The van der Waals surface area contributed by atoms with Crippen molar-refractivity contribution in [3.8, 4) is 16.9 Å². The van der Waals surface area contributed by atoms with Crippen LogP contribution in [-0.2, 0) is 7.05 Å². The zero-order valence-electron chi connectivity index (χ0n) is 16.4. The van der Waals surface area contributed by atoms with Crippen molar-refractivity contribution in [3.05, 3.63) is 36.2 Å². The molecule has 1 aromatic carbocycles. The van der Waals surface area contributed by atoms with Crippen molar-refractivity contribution in [1.29, 1.82) is 0 Å². The Morgan fingerprint density at radius 3 is 2.82 bits per heavy atom. The van der Waals surface area contributed by atoms with Gasteiger partial charge in [-0.15, -0.1) is 0 Å². The molecule has 28 heavy (non-hydrogen) atoms. The van der Waals surface area contributed by atoms with Crippen molar-refractivity contribution in [1.82, 2.24) is 24.9 Å². The molecule has 1 aromatic heterocycles.